The molecule has 0 saturated carbocycles. The molecule has 0 aliphatic heterocycles. The molecule has 0 radical (unpaired) electrons. The summed E-state index contributed by atoms with van der Waals surface area (Å²) in [5.74, 6) is 0. The number of aryl methyl sites for hydroxylation is 1. The number of nitrogens with zero attached hydrogens (tertiary/aromatic N) is 3. The summed E-state index contributed by atoms with van der Waals surface area (Å²) < 4.78 is 26.5. The highest BCUT2D eigenvalue weighted by Crippen LogP contribution is 2.17. The van der Waals surface area contributed by atoms with E-state index in [1.165, 1.54) is 6.20 Å². The molecule has 18 heavy (non-hydrogen) atoms. The lowest BCUT2D eigenvalue weighted by atomic mass is 10.3. The number of sulfonamides is 1. The van der Waals surface area contributed by atoms with Gasteiger partial charge in [0.2, 0.25) is 5.28 Å². The van der Waals surface area contributed by atoms with Gasteiger partial charge in [-0.3, -0.25) is 9.71 Å². The van der Waals surface area contributed by atoms with Gasteiger partial charge in [-0.15, -0.1) is 0 Å². The molecule has 0 fully saturated rings. The normalized spacial score (nSPS) is 11.2. The zero-order chi connectivity index (χ0) is 13.2. The zero-order valence-corrected chi connectivity index (χ0v) is 10.9. The number of nitrogens with one attached hydrogen (secondary N) is 1. The average molecular weight is 285 g/mol. The molecule has 0 unspecified atom stereocenters. The molecular weight excluding hydrogens is 276 g/mol. The van der Waals surface area contributed by atoms with Crippen LogP contribution in [0, 0.1) is 6.92 Å². The van der Waals surface area contributed by atoms with Crippen LogP contribution in [0.4, 0.5) is 5.69 Å². The van der Waals surface area contributed by atoms with Crippen molar-refractivity contribution in [1.29, 1.82) is 0 Å². The molecule has 94 valence electrons. The molecule has 1 N–H and O–H groups in total. The number of halogens is 1. The number of rotatable bonds is 3. The Labute approximate surface area is 109 Å². The largest absolute Gasteiger partial charge is 0.279 e. The number of hydrogen-bond donors (Lipinski definition) is 1. The molecule has 0 spiro atoms. The molecule has 2 rings (SSSR count). The van der Waals surface area contributed by atoms with Gasteiger partial charge in [-0.2, -0.15) is 0 Å². The summed E-state index contributed by atoms with van der Waals surface area (Å²) in [6, 6.07) is 1.57. The molecule has 0 aromatic carbocycles. The molecule has 2 aromatic rings. The summed E-state index contributed by atoms with van der Waals surface area (Å²) >= 11 is 5.50. The van der Waals surface area contributed by atoms with E-state index in [1.807, 2.05) is 0 Å². The van der Waals surface area contributed by atoms with Crippen LogP contribution in [0.15, 0.2) is 35.7 Å². The Morgan fingerprint density at radius 1 is 1.22 bits per heavy atom. The quantitative estimate of drug-likeness (QED) is 0.866. The fourth-order valence-electron chi connectivity index (χ4n) is 1.23. The molecule has 0 saturated heterocycles. The first-order valence-corrected chi connectivity index (χ1v) is 6.76. The third-order valence-electron chi connectivity index (χ3n) is 2.17. The van der Waals surface area contributed by atoms with Gasteiger partial charge in [0.15, 0.2) is 0 Å². The van der Waals surface area contributed by atoms with Crippen molar-refractivity contribution >= 4 is 27.3 Å². The van der Waals surface area contributed by atoms with Crippen LogP contribution in [-0.2, 0) is 10.0 Å². The van der Waals surface area contributed by atoms with Gasteiger partial charge in [0, 0.05) is 12.4 Å². The van der Waals surface area contributed by atoms with E-state index in [-0.39, 0.29) is 10.2 Å². The monoisotopic (exact) mass is 284 g/mol. The van der Waals surface area contributed by atoms with E-state index in [0.29, 0.717) is 5.69 Å². The fourth-order valence-corrected chi connectivity index (χ4v) is 2.35. The molecule has 0 amide bonds. The Morgan fingerprint density at radius 3 is 2.50 bits per heavy atom. The SMILES string of the molecule is Cc1cnccc1NS(=O)(=O)c1cnc(Cl)nc1. The van der Waals surface area contributed by atoms with Crippen LogP contribution in [0.1, 0.15) is 5.56 Å². The minimum absolute atomic E-state index is 0.00552. The molecule has 2 aromatic heterocycles. The molecule has 2 heterocycles. The van der Waals surface area contributed by atoms with Gasteiger partial charge in [-0.25, -0.2) is 18.4 Å². The van der Waals surface area contributed by atoms with E-state index in [9.17, 15) is 8.42 Å². The van der Waals surface area contributed by atoms with Crippen molar-refractivity contribution in [3.8, 4) is 0 Å². The number of anilines is 1. The van der Waals surface area contributed by atoms with Gasteiger partial charge in [0.05, 0.1) is 18.1 Å². The van der Waals surface area contributed by atoms with Crippen LogP contribution in [0.5, 0.6) is 0 Å². The maximum Gasteiger partial charge on any atom is 0.264 e. The molecule has 8 heteroatoms. The molecule has 0 bridgehead atoms. The van der Waals surface area contributed by atoms with Crippen molar-refractivity contribution in [2.75, 3.05) is 4.72 Å². The first kappa shape index (κ1) is 12.7. The molecule has 0 aliphatic carbocycles. The molecule has 0 atom stereocenters. The highest BCUT2D eigenvalue weighted by atomic mass is 35.5. The van der Waals surface area contributed by atoms with Gasteiger partial charge < -0.3 is 0 Å². The van der Waals surface area contributed by atoms with E-state index >= 15 is 0 Å². The Morgan fingerprint density at radius 2 is 1.89 bits per heavy atom. The Balaban J connectivity index is 2.33. The third-order valence-corrected chi connectivity index (χ3v) is 3.69. The summed E-state index contributed by atoms with van der Waals surface area (Å²) in [5.41, 5.74) is 1.18. The lowest BCUT2D eigenvalue weighted by Gasteiger charge is -2.09. The third kappa shape index (κ3) is 2.74. The predicted octanol–water partition coefficient (Wildman–Crippen LogP) is 1.63. The summed E-state index contributed by atoms with van der Waals surface area (Å²) in [7, 11) is -3.71. The lowest BCUT2D eigenvalue weighted by Crippen LogP contribution is -2.14. The lowest BCUT2D eigenvalue weighted by molar-refractivity contribution is 0.600. The first-order chi connectivity index (χ1) is 8.49. The fraction of sp³-hybridized carbons (Fsp3) is 0.100. The molecular formula is C10H9ClN4O2S. The van der Waals surface area contributed by atoms with Crippen molar-refractivity contribution in [3.63, 3.8) is 0 Å². The summed E-state index contributed by atoms with van der Waals surface area (Å²) in [5, 5.41) is -0.00552. The summed E-state index contributed by atoms with van der Waals surface area (Å²) in [4.78, 5) is 11.1. The highest BCUT2D eigenvalue weighted by Gasteiger charge is 2.16. The van der Waals surface area contributed by atoms with E-state index in [0.717, 1.165) is 18.0 Å². The summed E-state index contributed by atoms with van der Waals surface area (Å²) in [6.07, 6.45) is 5.36. The predicted molar refractivity (Wildman–Crippen MR) is 66.8 cm³/mol. The second kappa shape index (κ2) is 4.87. The molecule has 6 nitrogen and oxygen atoms in total. The number of pyridine rings is 1. The van der Waals surface area contributed by atoms with Gasteiger partial charge in [0.25, 0.3) is 10.0 Å². The van der Waals surface area contributed by atoms with E-state index in [1.54, 1.807) is 19.2 Å². The highest BCUT2D eigenvalue weighted by molar-refractivity contribution is 7.92. The van der Waals surface area contributed by atoms with Crippen LogP contribution >= 0.6 is 11.6 Å². The van der Waals surface area contributed by atoms with Crippen LogP contribution in [0.3, 0.4) is 0 Å². The second-order valence-corrected chi connectivity index (χ2v) is 5.50. The van der Waals surface area contributed by atoms with Gasteiger partial charge in [0.1, 0.15) is 4.90 Å². The van der Waals surface area contributed by atoms with E-state index < -0.39 is 10.0 Å². The van der Waals surface area contributed by atoms with Gasteiger partial charge in [-0.05, 0) is 30.2 Å². The van der Waals surface area contributed by atoms with Crippen LogP contribution in [0.2, 0.25) is 5.28 Å². The Hall–Kier alpha value is -1.73. The first-order valence-electron chi connectivity index (χ1n) is 4.90. The van der Waals surface area contributed by atoms with Gasteiger partial charge >= 0.3 is 0 Å². The zero-order valence-electron chi connectivity index (χ0n) is 9.33. The van der Waals surface area contributed by atoms with E-state index in [4.69, 9.17) is 11.6 Å². The maximum absolute atomic E-state index is 12.0. The van der Waals surface area contributed by atoms with Crippen LogP contribution in [-0.4, -0.2) is 23.4 Å². The van der Waals surface area contributed by atoms with Crippen LogP contribution < -0.4 is 4.72 Å². The van der Waals surface area contributed by atoms with Crippen molar-refractivity contribution < 1.29 is 8.42 Å². The molecule has 0 aliphatic rings. The maximum atomic E-state index is 12.0. The van der Waals surface area contributed by atoms with Gasteiger partial charge in [-0.1, -0.05) is 0 Å². The second-order valence-electron chi connectivity index (χ2n) is 3.48. The average Bonchev–Trinajstić information content (AvgIpc) is 2.32. The number of aromatic nitrogens is 3. The minimum atomic E-state index is -3.71. The van der Waals surface area contributed by atoms with Crippen molar-refractivity contribution in [3.05, 3.63) is 41.7 Å². The number of hydrogen-bond acceptors (Lipinski definition) is 5. The Bertz CT molecular complexity index is 658. The topological polar surface area (TPSA) is 84.8 Å². The Kier molecular flexibility index (Phi) is 3.44. The van der Waals surface area contributed by atoms with Crippen molar-refractivity contribution in [1.82, 2.24) is 15.0 Å². The standard InChI is InChI=1S/C10H9ClN4O2S/c1-7-4-12-3-2-9(7)15-18(16,17)8-5-13-10(11)14-6-8/h2-6H,1H3,(H,12,15). The van der Waals surface area contributed by atoms with E-state index in [2.05, 4.69) is 19.7 Å². The smallest absolute Gasteiger partial charge is 0.264 e. The van der Waals surface area contributed by atoms with Crippen molar-refractivity contribution in [2.45, 2.75) is 11.8 Å². The summed E-state index contributed by atoms with van der Waals surface area (Å²) in [6.45, 7) is 1.75. The van der Waals surface area contributed by atoms with Crippen molar-refractivity contribution in [2.24, 2.45) is 0 Å². The van der Waals surface area contributed by atoms with Crippen LogP contribution in [0.25, 0.3) is 0 Å². The minimum Gasteiger partial charge on any atom is -0.279 e.